The molecule has 0 saturated carbocycles. The van der Waals surface area contributed by atoms with E-state index in [-0.39, 0.29) is 0 Å². The van der Waals surface area contributed by atoms with E-state index in [1.807, 2.05) is 51.1 Å². The Morgan fingerprint density at radius 2 is 1.77 bits per heavy atom. The lowest BCUT2D eigenvalue weighted by Crippen LogP contribution is -1.97. The molecule has 4 nitrogen and oxygen atoms in total. The summed E-state index contributed by atoms with van der Waals surface area (Å²) in [6, 6.07) is 11.9. The molecule has 0 atom stereocenters. The van der Waals surface area contributed by atoms with Crippen molar-refractivity contribution in [3.63, 3.8) is 0 Å². The molecular formula is C16H21ClN2O2S. The molecule has 0 aliphatic heterocycles. The summed E-state index contributed by atoms with van der Waals surface area (Å²) in [7, 11) is 0. The first-order valence-electron chi connectivity index (χ1n) is 6.70. The zero-order valence-electron chi connectivity index (χ0n) is 12.9. The van der Waals surface area contributed by atoms with E-state index in [1.54, 1.807) is 0 Å². The molecule has 0 fully saturated rings. The highest BCUT2D eigenvalue weighted by Gasteiger charge is 2.01. The lowest BCUT2D eigenvalue weighted by molar-refractivity contribution is -0.195. The number of benzene rings is 2. The predicted octanol–water partition coefficient (Wildman–Crippen LogP) is 4.24. The predicted molar refractivity (Wildman–Crippen MR) is 92.2 cm³/mol. The summed E-state index contributed by atoms with van der Waals surface area (Å²) in [6.07, 6.45) is 0. The Kier molecular flexibility index (Phi) is 8.48. The van der Waals surface area contributed by atoms with Crippen LogP contribution in [-0.4, -0.2) is 0 Å². The largest absolute Gasteiger partial charge is 0.326 e. The fourth-order valence-corrected chi connectivity index (χ4v) is 2.35. The quantitative estimate of drug-likeness (QED) is 0.495. The molecule has 0 aromatic heterocycles. The van der Waals surface area contributed by atoms with Crippen molar-refractivity contribution in [1.82, 2.24) is 0 Å². The van der Waals surface area contributed by atoms with Gasteiger partial charge in [0.1, 0.15) is 0 Å². The van der Waals surface area contributed by atoms with E-state index < -0.39 is 0 Å². The molecule has 0 aliphatic carbocycles. The third-order valence-corrected chi connectivity index (χ3v) is 4.16. The summed E-state index contributed by atoms with van der Waals surface area (Å²) in [5.74, 6) is 4.72. The van der Waals surface area contributed by atoms with Gasteiger partial charge in [0, 0.05) is 16.5 Å². The van der Waals surface area contributed by atoms with Gasteiger partial charge in [-0.3, -0.25) is 0 Å². The van der Waals surface area contributed by atoms with Crippen molar-refractivity contribution in [3.05, 3.63) is 63.7 Å². The van der Waals surface area contributed by atoms with Crippen LogP contribution in [0, 0.1) is 20.8 Å². The van der Waals surface area contributed by atoms with Crippen LogP contribution in [-0.2, 0) is 15.9 Å². The molecule has 2 rings (SSSR count). The van der Waals surface area contributed by atoms with E-state index in [0.717, 1.165) is 38.7 Å². The van der Waals surface area contributed by atoms with Gasteiger partial charge in [0.15, 0.2) is 0 Å². The summed E-state index contributed by atoms with van der Waals surface area (Å²) >= 11 is 6.89. The Balaban J connectivity index is 0.000000235. The van der Waals surface area contributed by atoms with E-state index >= 15 is 0 Å². The second-order valence-electron chi connectivity index (χ2n) is 4.80. The second-order valence-corrected chi connectivity index (χ2v) is 5.95. The molecule has 0 unspecified atom stereocenters. The fraction of sp³-hybridized carbons (Fsp3) is 0.250. The van der Waals surface area contributed by atoms with E-state index in [2.05, 4.69) is 15.4 Å². The van der Waals surface area contributed by atoms with Crippen molar-refractivity contribution < 1.29 is 9.32 Å². The number of hydrogen-bond acceptors (Lipinski definition) is 5. The minimum Gasteiger partial charge on any atom is -0.326 e. The summed E-state index contributed by atoms with van der Waals surface area (Å²) in [5.41, 5.74) is 10.0. The van der Waals surface area contributed by atoms with Crippen LogP contribution in [0.25, 0.3) is 0 Å². The normalized spacial score (nSPS) is 10.1. The van der Waals surface area contributed by atoms with Gasteiger partial charge in [0.25, 0.3) is 0 Å². The highest BCUT2D eigenvalue weighted by Crippen LogP contribution is 2.23. The lowest BCUT2D eigenvalue weighted by Gasteiger charge is -2.04. The topological polar surface area (TPSA) is 70.5 Å². The molecule has 0 spiro atoms. The molecule has 2 aromatic carbocycles. The standard InChI is InChI=1S/C8H9Cl.C8H12N2O2S/c1-6-3-4-7(2)8(9)5-6;1-6-4-7(5-9)2-3-8(6)13-12-11-10/h3-5H,1-2H3;2-4H,5,9-10H2,1H3. The first-order chi connectivity index (χ1) is 10.5. The Labute approximate surface area is 140 Å². The highest BCUT2D eigenvalue weighted by atomic mass is 35.5. The summed E-state index contributed by atoms with van der Waals surface area (Å²) < 4.78 is 4.54. The van der Waals surface area contributed by atoms with Gasteiger partial charge in [0.2, 0.25) is 0 Å². The highest BCUT2D eigenvalue weighted by molar-refractivity contribution is 7.94. The monoisotopic (exact) mass is 340 g/mol. The average Bonchev–Trinajstić information content (AvgIpc) is 2.50. The second kappa shape index (κ2) is 9.84. The van der Waals surface area contributed by atoms with E-state index in [9.17, 15) is 0 Å². The van der Waals surface area contributed by atoms with Gasteiger partial charge < -0.3 is 5.73 Å². The van der Waals surface area contributed by atoms with Crippen LogP contribution >= 0.6 is 23.6 Å². The first kappa shape index (κ1) is 19.0. The van der Waals surface area contributed by atoms with Crippen LogP contribution in [0.4, 0.5) is 0 Å². The van der Waals surface area contributed by atoms with Gasteiger partial charge >= 0.3 is 0 Å². The minimum absolute atomic E-state index is 0.542. The molecule has 0 aliphatic rings. The van der Waals surface area contributed by atoms with Crippen molar-refractivity contribution in [2.24, 2.45) is 11.6 Å². The number of rotatable bonds is 4. The summed E-state index contributed by atoms with van der Waals surface area (Å²) in [6.45, 7) is 6.55. The average molecular weight is 341 g/mol. The van der Waals surface area contributed by atoms with Gasteiger partial charge in [0.05, 0.1) is 12.0 Å². The SMILES string of the molecule is Cc1cc(CN)ccc1SOON.Cc1ccc(C)c(Cl)c1. The lowest BCUT2D eigenvalue weighted by atomic mass is 10.1. The molecule has 0 amide bonds. The number of aryl methyl sites for hydroxylation is 3. The van der Waals surface area contributed by atoms with E-state index in [4.69, 9.17) is 23.2 Å². The van der Waals surface area contributed by atoms with Gasteiger partial charge in [-0.25, -0.2) is 0 Å². The van der Waals surface area contributed by atoms with Gasteiger partial charge in [-0.05, 0) is 55.2 Å². The fourth-order valence-electron chi connectivity index (χ4n) is 1.69. The molecule has 4 N–H and O–H groups in total. The molecule has 0 heterocycles. The van der Waals surface area contributed by atoms with Crippen molar-refractivity contribution in [1.29, 1.82) is 0 Å². The van der Waals surface area contributed by atoms with Gasteiger partial charge in [-0.1, -0.05) is 35.9 Å². The van der Waals surface area contributed by atoms with Crippen LogP contribution in [0.2, 0.25) is 5.02 Å². The Bertz CT molecular complexity index is 609. The Morgan fingerprint density at radius 1 is 1.05 bits per heavy atom. The maximum atomic E-state index is 5.81. The first-order valence-corrected chi connectivity index (χ1v) is 7.82. The smallest absolute Gasteiger partial charge is 0.0705 e. The Morgan fingerprint density at radius 3 is 2.27 bits per heavy atom. The molecular weight excluding hydrogens is 320 g/mol. The van der Waals surface area contributed by atoms with Crippen molar-refractivity contribution in [3.8, 4) is 0 Å². The molecule has 0 bridgehead atoms. The third-order valence-electron chi connectivity index (χ3n) is 2.97. The van der Waals surface area contributed by atoms with Crippen LogP contribution < -0.4 is 11.6 Å². The molecule has 2 aromatic rings. The van der Waals surface area contributed by atoms with E-state index in [1.165, 1.54) is 5.56 Å². The molecule has 22 heavy (non-hydrogen) atoms. The maximum absolute atomic E-state index is 5.81. The molecule has 0 saturated heterocycles. The number of hydrogen-bond donors (Lipinski definition) is 2. The van der Waals surface area contributed by atoms with Crippen LogP contribution in [0.5, 0.6) is 0 Å². The summed E-state index contributed by atoms with van der Waals surface area (Å²) in [5, 5.41) is 0.856. The van der Waals surface area contributed by atoms with Crippen molar-refractivity contribution in [2.45, 2.75) is 32.2 Å². The summed E-state index contributed by atoms with van der Waals surface area (Å²) in [4.78, 5) is 4.96. The zero-order valence-corrected chi connectivity index (χ0v) is 14.5. The van der Waals surface area contributed by atoms with Gasteiger partial charge in [-0.2, -0.15) is 5.90 Å². The zero-order chi connectivity index (χ0) is 16.5. The van der Waals surface area contributed by atoms with Crippen molar-refractivity contribution in [2.75, 3.05) is 0 Å². The maximum Gasteiger partial charge on any atom is 0.0705 e. The Hall–Kier alpha value is -1.08. The van der Waals surface area contributed by atoms with Crippen molar-refractivity contribution >= 4 is 23.6 Å². The van der Waals surface area contributed by atoms with Gasteiger partial charge in [-0.15, -0.1) is 9.32 Å². The van der Waals surface area contributed by atoms with Crippen LogP contribution in [0.15, 0.2) is 41.3 Å². The minimum atomic E-state index is 0.542. The third kappa shape index (κ3) is 6.36. The number of halogens is 1. The van der Waals surface area contributed by atoms with Crippen LogP contribution in [0.3, 0.4) is 0 Å². The van der Waals surface area contributed by atoms with E-state index in [0.29, 0.717) is 6.54 Å². The van der Waals surface area contributed by atoms with Crippen LogP contribution in [0.1, 0.15) is 22.3 Å². The molecule has 0 radical (unpaired) electrons. The molecule has 6 heteroatoms. The number of nitrogens with two attached hydrogens (primary N) is 2. The molecule has 120 valence electrons.